The highest BCUT2D eigenvalue weighted by molar-refractivity contribution is 5.70. The summed E-state index contributed by atoms with van der Waals surface area (Å²) in [4.78, 5) is 24.3. The van der Waals surface area contributed by atoms with Crippen LogP contribution in [0.15, 0.2) is 158 Å². The van der Waals surface area contributed by atoms with Crippen LogP contribution in [0.4, 0.5) is 0 Å². The number of allylic oxidation sites excluding steroid dienone is 26. The molecule has 0 spiro atoms. The van der Waals surface area contributed by atoms with Crippen molar-refractivity contribution in [1.29, 1.82) is 0 Å². The minimum absolute atomic E-state index is 0.124. The monoisotopic (exact) mass is 823 g/mol. The summed E-state index contributed by atoms with van der Waals surface area (Å²) >= 11 is 0. The Balaban J connectivity index is 3.73. The molecule has 1 unspecified atom stereocenters. The molecule has 0 aliphatic carbocycles. The zero-order valence-corrected chi connectivity index (χ0v) is 37.6. The fourth-order valence-corrected chi connectivity index (χ4v) is 5.44. The van der Waals surface area contributed by atoms with E-state index in [9.17, 15) is 14.7 Å². The van der Waals surface area contributed by atoms with Crippen LogP contribution in [0.25, 0.3) is 0 Å². The van der Waals surface area contributed by atoms with Crippen LogP contribution in [-0.2, 0) is 19.1 Å². The van der Waals surface area contributed by atoms with Gasteiger partial charge in [-0.1, -0.05) is 191 Å². The van der Waals surface area contributed by atoms with Gasteiger partial charge in [0.05, 0.1) is 6.61 Å². The molecule has 0 amide bonds. The Morgan fingerprint density at radius 1 is 0.383 bits per heavy atom. The fraction of sp³-hybridized carbons (Fsp3) is 0.491. The second-order valence-electron chi connectivity index (χ2n) is 14.4. The number of unbranched alkanes of at least 4 members (excludes halogenated alkanes) is 5. The molecule has 1 atom stereocenters. The Morgan fingerprint density at radius 2 is 0.700 bits per heavy atom. The van der Waals surface area contributed by atoms with Crippen molar-refractivity contribution < 1.29 is 24.2 Å². The van der Waals surface area contributed by atoms with E-state index in [0.717, 1.165) is 122 Å². The first-order chi connectivity index (χ1) is 29.6. The van der Waals surface area contributed by atoms with Crippen LogP contribution < -0.4 is 0 Å². The lowest BCUT2D eigenvalue weighted by Crippen LogP contribution is -2.28. The van der Waals surface area contributed by atoms with E-state index < -0.39 is 6.10 Å². The maximum Gasteiger partial charge on any atom is 0.306 e. The predicted molar refractivity (Wildman–Crippen MR) is 260 cm³/mol. The zero-order chi connectivity index (χ0) is 43.5. The standard InChI is InChI=1S/C55H82O5/c1-3-5-7-9-11-13-15-17-18-19-20-21-22-23-24-25-26-27-28-29-30-31-32-33-34-35-36-38-40-42-44-46-48-50-55(58)60-53(51-56)52-59-54(57)49-47-45-43-41-39-37-16-14-12-10-8-6-4-2/h5-8,11-14,17-18,20-21,23-24,26-27,29-30,32-33,35-37,39,43,45,53,56H,3-4,9-10,15-16,19,22,25,28,31,34,38,40-42,44,46-52H2,1-2H3/b7-5-,8-6-,13-11-,14-12-,18-17-,21-20-,24-23-,27-26-,30-29-,33-32-,36-35-,39-37-,45-43-. The molecular weight excluding hydrogens is 741 g/mol. The third-order valence-electron chi connectivity index (χ3n) is 8.83. The van der Waals surface area contributed by atoms with E-state index >= 15 is 0 Å². The van der Waals surface area contributed by atoms with E-state index in [1.807, 2.05) is 12.2 Å². The molecule has 0 saturated carbocycles. The molecule has 60 heavy (non-hydrogen) atoms. The highest BCUT2D eigenvalue weighted by Gasteiger charge is 2.15. The van der Waals surface area contributed by atoms with Gasteiger partial charge in [-0.2, -0.15) is 0 Å². The summed E-state index contributed by atoms with van der Waals surface area (Å²) in [5.41, 5.74) is 0. The van der Waals surface area contributed by atoms with Crippen LogP contribution in [0.3, 0.4) is 0 Å². The maximum absolute atomic E-state index is 12.2. The number of rotatable bonds is 39. The lowest BCUT2D eigenvalue weighted by Gasteiger charge is -2.15. The summed E-state index contributed by atoms with van der Waals surface area (Å²) in [6.45, 7) is 3.79. The lowest BCUT2D eigenvalue weighted by atomic mass is 10.1. The Morgan fingerprint density at radius 3 is 1.07 bits per heavy atom. The summed E-state index contributed by atoms with van der Waals surface area (Å²) in [6, 6.07) is 0. The summed E-state index contributed by atoms with van der Waals surface area (Å²) in [6.07, 6.45) is 76.2. The molecule has 0 bridgehead atoms. The predicted octanol–water partition coefficient (Wildman–Crippen LogP) is 15.3. The average Bonchev–Trinajstić information content (AvgIpc) is 3.25. The van der Waals surface area contributed by atoms with Crippen molar-refractivity contribution >= 4 is 11.9 Å². The Bertz CT molecular complexity index is 1390. The normalized spacial score (nSPS) is 13.7. The smallest absolute Gasteiger partial charge is 0.306 e. The van der Waals surface area contributed by atoms with Gasteiger partial charge in [0.1, 0.15) is 6.61 Å². The van der Waals surface area contributed by atoms with Crippen LogP contribution in [0.1, 0.15) is 155 Å². The molecule has 5 heteroatoms. The Kier molecular flexibility index (Phi) is 45.2. The Hall–Kier alpha value is -4.48. The number of aliphatic hydroxyl groups is 1. The third kappa shape index (κ3) is 46.2. The molecule has 1 N–H and O–H groups in total. The van der Waals surface area contributed by atoms with E-state index in [1.165, 1.54) is 0 Å². The number of ether oxygens (including phenoxy) is 2. The number of esters is 2. The molecule has 0 rings (SSSR count). The van der Waals surface area contributed by atoms with Gasteiger partial charge >= 0.3 is 11.9 Å². The molecule has 0 aromatic carbocycles. The molecule has 332 valence electrons. The van der Waals surface area contributed by atoms with Crippen molar-refractivity contribution in [1.82, 2.24) is 0 Å². The van der Waals surface area contributed by atoms with Gasteiger partial charge in [-0.15, -0.1) is 0 Å². The maximum atomic E-state index is 12.2. The van der Waals surface area contributed by atoms with Crippen LogP contribution in [0.2, 0.25) is 0 Å². The first-order valence-electron chi connectivity index (χ1n) is 23.0. The van der Waals surface area contributed by atoms with Gasteiger partial charge in [-0.3, -0.25) is 9.59 Å². The number of carbonyl (C=O) groups is 2. The molecule has 0 saturated heterocycles. The van der Waals surface area contributed by atoms with Crippen molar-refractivity contribution in [3.8, 4) is 0 Å². The minimum atomic E-state index is -0.823. The number of hydrogen-bond acceptors (Lipinski definition) is 5. The van der Waals surface area contributed by atoms with Gasteiger partial charge in [0.25, 0.3) is 0 Å². The summed E-state index contributed by atoms with van der Waals surface area (Å²) in [5, 5.41) is 9.57. The summed E-state index contributed by atoms with van der Waals surface area (Å²) in [7, 11) is 0. The first kappa shape index (κ1) is 55.5. The average molecular weight is 823 g/mol. The van der Waals surface area contributed by atoms with Gasteiger partial charge in [0.2, 0.25) is 0 Å². The van der Waals surface area contributed by atoms with Crippen LogP contribution >= 0.6 is 0 Å². The van der Waals surface area contributed by atoms with Gasteiger partial charge in [-0.25, -0.2) is 0 Å². The number of carbonyl (C=O) groups excluding carboxylic acids is 2. The van der Waals surface area contributed by atoms with Crippen LogP contribution in [0.5, 0.6) is 0 Å². The topological polar surface area (TPSA) is 72.8 Å². The van der Waals surface area contributed by atoms with E-state index in [4.69, 9.17) is 9.47 Å². The largest absolute Gasteiger partial charge is 0.462 e. The second-order valence-corrected chi connectivity index (χ2v) is 14.4. The molecule has 0 aliphatic heterocycles. The SMILES string of the molecule is CC/C=C\C/C=C\C/C=C\C/C=C\C/C=C\C/C=C\C/C=C\C/C=C\C/C=C\CCCCCCCC(=O)OC(CO)COC(=O)CC/C=C\C/C=C\C/C=C\C/C=C\CC. The van der Waals surface area contributed by atoms with Crippen molar-refractivity contribution in [2.24, 2.45) is 0 Å². The Labute approximate surface area is 367 Å². The van der Waals surface area contributed by atoms with Gasteiger partial charge in [0, 0.05) is 12.8 Å². The highest BCUT2D eigenvalue weighted by atomic mass is 16.6. The summed E-state index contributed by atoms with van der Waals surface area (Å²) < 4.78 is 10.5. The summed E-state index contributed by atoms with van der Waals surface area (Å²) in [5.74, 6) is -0.726. The van der Waals surface area contributed by atoms with Crippen molar-refractivity contribution in [3.05, 3.63) is 158 Å². The minimum Gasteiger partial charge on any atom is -0.462 e. The van der Waals surface area contributed by atoms with Gasteiger partial charge in [-0.05, 0) is 109 Å². The molecule has 5 nitrogen and oxygen atoms in total. The number of hydrogen-bond donors (Lipinski definition) is 1. The molecule has 0 fully saturated rings. The molecule has 0 aliphatic rings. The fourth-order valence-electron chi connectivity index (χ4n) is 5.44. The van der Waals surface area contributed by atoms with Crippen LogP contribution in [0, 0.1) is 0 Å². The van der Waals surface area contributed by atoms with Gasteiger partial charge in [0.15, 0.2) is 6.10 Å². The molecule has 0 heterocycles. The highest BCUT2D eigenvalue weighted by Crippen LogP contribution is 2.10. The molecule has 0 aromatic rings. The number of aliphatic hydroxyl groups excluding tert-OH is 1. The third-order valence-corrected chi connectivity index (χ3v) is 8.83. The quantitative estimate of drug-likeness (QED) is 0.0380. The molecule has 0 radical (unpaired) electrons. The lowest BCUT2D eigenvalue weighted by molar-refractivity contribution is -0.161. The van der Waals surface area contributed by atoms with E-state index in [-0.39, 0.29) is 31.6 Å². The van der Waals surface area contributed by atoms with Crippen molar-refractivity contribution in [3.63, 3.8) is 0 Å². The van der Waals surface area contributed by atoms with Crippen molar-refractivity contribution in [2.75, 3.05) is 13.2 Å². The first-order valence-corrected chi connectivity index (χ1v) is 23.0. The van der Waals surface area contributed by atoms with Crippen LogP contribution in [-0.4, -0.2) is 36.4 Å². The second kappa shape index (κ2) is 48.9. The molecule has 0 aromatic heterocycles. The van der Waals surface area contributed by atoms with Gasteiger partial charge < -0.3 is 14.6 Å². The van der Waals surface area contributed by atoms with E-state index in [0.29, 0.717) is 12.8 Å². The van der Waals surface area contributed by atoms with E-state index in [1.54, 1.807) is 0 Å². The zero-order valence-electron chi connectivity index (χ0n) is 37.6. The van der Waals surface area contributed by atoms with Crippen molar-refractivity contribution in [2.45, 2.75) is 161 Å². The van der Waals surface area contributed by atoms with E-state index in [2.05, 4.69) is 160 Å². The molecular formula is C55H82O5.